The lowest BCUT2D eigenvalue weighted by molar-refractivity contribution is 0.0197. The summed E-state index contributed by atoms with van der Waals surface area (Å²) in [5, 5.41) is 29.2. The zero-order chi connectivity index (χ0) is 24.2. The highest BCUT2D eigenvalue weighted by molar-refractivity contribution is 5.74. The van der Waals surface area contributed by atoms with Crippen LogP contribution in [0.4, 0.5) is 10.7 Å². The summed E-state index contributed by atoms with van der Waals surface area (Å²) in [4.78, 5) is 22.9. The molecule has 1 fully saturated rings. The molecule has 2 unspecified atom stereocenters. The van der Waals surface area contributed by atoms with Crippen LogP contribution in [0.1, 0.15) is 45.2 Å². The molecule has 0 spiro atoms. The Balaban J connectivity index is 1.88. The van der Waals surface area contributed by atoms with Gasteiger partial charge in [0.05, 0.1) is 23.6 Å². The minimum absolute atomic E-state index is 0.0292. The molecule has 0 aliphatic carbocycles. The molecule has 180 valence electrons. The molecule has 5 N–H and O–H groups in total. The van der Waals surface area contributed by atoms with E-state index in [9.17, 15) is 15.0 Å². The SMILES string of the molecule is CC(C)(C)OC(=O)N1CCCC(c2cc(-c3c(O)cccc3OCC(O)CO)nc(N)n2)C1. The highest BCUT2D eigenvalue weighted by Crippen LogP contribution is 2.38. The number of aromatic nitrogens is 2. The third-order valence-electron chi connectivity index (χ3n) is 5.16. The molecule has 2 aromatic rings. The first kappa shape index (κ1) is 24.5. The number of nitrogens with two attached hydrogens (primary N) is 1. The zero-order valence-corrected chi connectivity index (χ0v) is 19.2. The molecule has 0 saturated carbocycles. The fourth-order valence-corrected chi connectivity index (χ4v) is 3.67. The number of aromatic hydroxyl groups is 1. The molecule has 1 aliphatic heterocycles. The number of hydrogen-bond donors (Lipinski definition) is 4. The van der Waals surface area contributed by atoms with Crippen LogP contribution >= 0.6 is 0 Å². The topological polar surface area (TPSA) is 151 Å². The number of nitrogens with zero attached hydrogens (tertiary/aromatic N) is 3. The fraction of sp³-hybridized carbons (Fsp3) is 0.522. The van der Waals surface area contributed by atoms with E-state index in [-0.39, 0.29) is 36.1 Å². The number of benzene rings is 1. The molecule has 0 bridgehead atoms. The van der Waals surface area contributed by atoms with Gasteiger partial charge in [0.25, 0.3) is 0 Å². The van der Waals surface area contributed by atoms with Gasteiger partial charge in [0.2, 0.25) is 5.95 Å². The highest BCUT2D eigenvalue weighted by atomic mass is 16.6. The molecule has 1 amide bonds. The lowest BCUT2D eigenvalue weighted by atomic mass is 9.93. The monoisotopic (exact) mass is 460 g/mol. The van der Waals surface area contributed by atoms with Crippen molar-refractivity contribution < 1.29 is 29.6 Å². The third kappa shape index (κ3) is 6.45. The average Bonchev–Trinajstić information content (AvgIpc) is 2.76. The summed E-state index contributed by atoms with van der Waals surface area (Å²) in [5.41, 5.74) is 6.73. The van der Waals surface area contributed by atoms with E-state index in [1.54, 1.807) is 23.1 Å². The molecule has 0 radical (unpaired) electrons. The number of carbonyl (C=O) groups is 1. The number of aliphatic hydroxyl groups excluding tert-OH is 2. The van der Waals surface area contributed by atoms with E-state index in [4.69, 9.17) is 20.3 Å². The van der Waals surface area contributed by atoms with Gasteiger partial charge in [-0.2, -0.15) is 0 Å². The van der Waals surface area contributed by atoms with Crippen molar-refractivity contribution in [1.82, 2.24) is 14.9 Å². The van der Waals surface area contributed by atoms with E-state index < -0.39 is 18.3 Å². The second kappa shape index (κ2) is 10.2. The number of anilines is 1. The number of ether oxygens (including phenoxy) is 2. The number of phenolic OH excluding ortho intramolecular Hbond substituents is 1. The van der Waals surface area contributed by atoms with Gasteiger partial charge in [0.1, 0.15) is 29.8 Å². The van der Waals surface area contributed by atoms with Gasteiger partial charge in [0.15, 0.2) is 0 Å². The number of amides is 1. The largest absolute Gasteiger partial charge is 0.507 e. The Morgan fingerprint density at radius 2 is 2.09 bits per heavy atom. The number of hydrogen-bond acceptors (Lipinski definition) is 9. The summed E-state index contributed by atoms with van der Waals surface area (Å²) < 4.78 is 11.1. The summed E-state index contributed by atoms with van der Waals surface area (Å²) in [6, 6.07) is 6.45. The quantitative estimate of drug-likeness (QED) is 0.509. The molecular formula is C23H32N4O6. The van der Waals surface area contributed by atoms with Gasteiger partial charge in [-0.3, -0.25) is 0 Å². The first-order valence-electron chi connectivity index (χ1n) is 10.9. The fourth-order valence-electron chi connectivity index (χ4n) is 3.67. The molecule has 1 saturated heterocycles. The molecule has 10 nitrogen and oxygen atoms in total. The second-order valence-corrected chi connectivity index (χ2v) is 9.10. The maximum Gasteiger partial charge on any atom is 0.410 e. The minimum Gasteiger partial charge on any atom is -0.507 e. The number of rotatable bonds is 6. The molecule has 3 rings (SSSR count). The Morgan fingerprint density at radius 3 is 2.79 bits per heavy atom. The second-order valence-electron chi connectivity index (χ2n) is 9.10. The van der Waals surface area contributed by atoms with Gasteiger partial charge < -0.3 is 35.4 Å². The number of likely N-dealkylation sites (tertiary alicyclic amines) is 1. The Bertz CT molecular complexity index is 978. The standard InChI is InChI=1S/C23H32N4O6/c1-23(2,3)33-22(31)27-9-5-6-14(11-27)16-10-17(26-21(24)25-16)20-18(30)7-4-8-19(20)32-13-15(29)12-28/h4,7-8,10,14-15,28-30H,5-6,9,11-13H2,1-3H3,(H2,24,25,26). The van der Waals surface area contributed by atoms with Gasteiger partial charge >= 0.3 is 6.09 Å². The molecule has 1 aromatic heterocycles. The number of carbonyl (C=O) groups excluding carboxylic acids is 1. The van der Waals surface area contributed by atoms with Crippen molar-refractivity contribution in [2.45, 2.75) is 51.2 Å². The molecule has 33 heavy (non-hydrogen) atoms. The van der Waals surface area contributed by atoms with Gasteiger partial charge in [-0.05, 0) is 51.8 Å². The third-order valence-corrected chi connectivity index (χ3v) is 5.16. The molecule has 2 atom stereocenters. The van der Waals surface area contributed by atoms with E-state index in [1.807, 2.05) is 20.8 Å². The summed E-state index contributed by atoms with van der Waals surface area (Å²) >= 11 is 0. The molecular weight excluding hydrogens is 428 g/mol. The van der Waals surface area contributed by atoms with Crippen LogP contribution in [-0.2, 0) is 4.74 Å². The molecule has 2 heterocycles. The average molecular weight is 461 g/mol. The Kier molecular flexibility index (Phi) is 7.60. The van der Waals surface area contributed by atoms with Crippen LogP contribution in [0.15, 0.2) is 24.3 Å². The first-order chi connectivity index (χ1) is 15.6. The predicted molar refractivity (Wildman–Crippen MR) is 122 cm³/mol. The minimum atomic E-state index is -1.06. The molecule has 1 aromatic carbocycles. The normalized spacial score (nSPS) is 17.5. The van der Waals surface area contributed by atoms with Crippen molar-refractivity contribution in [2.75, 3.05) is 32.0 Å². The number of phenols is 1. The van der Waals surface area contributed by atoms with Crippen LogP contribution in [0.3, 0.4) is 0 Å². The summed E-state index contributed by atoms with van der Waals surface area (Å²) in [6.07, 6.45) is 0.162. The van der Waals surface area contributed by atoms with E-state index in [2.05, 4.69) is 9.97 Å². The van der Waals surface area contributed by atoms with E-state index in [1.165, 1.54) is 6.07 Å². The van der Waals surface area contributed by atoms with Crippen molar-refractivity contribution in [3.05, 3.63) is 30.0 Å². The Labute approximate surface area is 193 Å². The predicted octanol–water partition coefficient (Wildman–Crippen LogP) is 2.28. The van der Waals surface area contributed by atoms with Gasteiger partial charge in [-0.25, -0.2) is 14.8 Å². The number of piperidine rings is 1. The van der Waals surface area contributed by atoms with Crippen LogP contribution < -0.4 is 10.5 Å². The smallest absolute Gasteiger partial charge is 0.410 e. The summed E-state index contributed by atoms with van der Waals surface area (Å²) in [5.74, 6) is 0.155. The van der Waals surface area contributed by atoms with E-state index in [0.717, 1.165) is 12.8 Å². The molecule has 1 aliphatic rings. The van der Waals surface area contributed by atoms with Crippen LogP contribution in [0.25, 0.3) is 11.3 Å². The van der Waals surface area contributed by atoms with Gasteiger partial charge in [-0.1, -0.05) is 6.07 Å². The zero-order valence-electron chi connectivity index (χ0n) is 19.2. The van der Waals surface area contributed by atoms with Crippen molar-refractivity contribution in [1.29, 1.82) is 0 Å². The van der Waals surface area contributed by atoms with Crippen molar-refractivity contribution in [3.8, 4) is 22.8 Å². The van der Waals surface area contributed by atoms with E-state index in [0.29, 0.717) is 30.0 Å². The van der Waals surface area contributed by atoms with Crippen LogP contribution in [0.5, 0.6) is 11.5 Å². The lowest BCUT2D eigenvalue weighted by Gasteiger charge is -2.34. The van der Waals surface area contributed by atoms with Crippen molar-refractivity contribution in [3.63, 3.8) is 0 Å². The lowest BCUT2D eigenvalue weighted by Crippen LogP contribution is -2.42. The van der Waals surface area contributed by atoms with Crippen LogP contribution in [0, 0.1) is 0 Å². The highest BCUT2D eigenvalue weighted by Gasteiger charge is 2.30. The van der Waals surface area contributed by atoms with Gasteiger partial charge in [-0.15, -0.1) is 0 Å². The van der Waals surface area contributed by atoms with Crippen molar-refractivity contribution in [2.24, 2.45) is 0 Å². The maximum absolute atomic E-state index is 12.5. The Morgan fingerprint density at radius 1 is 1.33 bits per heavy atom. The summed E-state index contributed by atoms with van der Waals surface area (Å²) in [7, 11) is 0. The van der Waals surface area contributed by atoms with Gasteiger partial charge in [0, 0.05) is 19.0 Å². The Hall–Kier alpha value is -3.11. The number of nitrogen functional groups attached to an aromatic ring is 1. The van der Waals surface area contributed by atoms with Crippen LogP contribution in [-0.4, -0.2) is 74.3 Å². The summed E-state index contributed by atoms with van der Waals surface area (Å²) in [6.45, 7) is 5.91. The number of aliphatic hydroxyl groups is 2. The molecule has 10 heteroatoms. The van der Waals surface area contributed by atoms with Crippen LogP contribution in [0.2, 0.25) is 0 Å². The maximum atomic E-state index is 12.5. The van der Waals surface area contributed by atoms with E-state index >= 15 is 0 Å². The first-order valence-corrected chi connectivity index (χ1v) is 10.9. The van der Waals surface area contributed by atoms with Crippen molar-refractivity contribution >= 4 is 12.0 Å².